The van der Waals surface area contributed by atoms with Gasteiger partial charge in [0.15, 0.2) is 0 Å². The number of rotatable bonds is 6. The topological polar surface area (TPSA) is 42.0 Å². The molecule has 0 spiro atoms. The van der Waals surface area contributed by atoms with Gasteiger partial charge in [-0.05, 0) is 31.2 Å². The van der Waals surface area contributed by atoms with Crippen LogP contribution in [0.1, 0.15) is 25.5 Å². The second-order valence-corrected chi connectivity index (χ2v) is 7.99. The van der Waals surface area contributed by atoms with Crippen molar-refractivity contribution in [2.45, 2.75) is 36.8 Å². The Labute approximate surface area is 130 Å². The molecule has 1 unspecified atom stereocenters. The fraction of sp³-hybridized carbons (Fsp3) is 0.429. The van der Waals surface area contributed by atoms with Crippen molar-refractivity contribution in [2.24, 2.45) is 0 Å². The Kier molecular flexibility index (Phi) is 4.43. The molecule has 1 aliphatic rings. The van der Waals surface area contributed by atoms with Gasteiger partial charge in [0.1, 0.15) is 5.01 Å². The summed E-state index contributed by atoms with van der Waals surface area (Å²) < 4.78 is 0. The molecule has 0 saturated heterocycles. The van der Waals surface area contributed by atoms with Crippen LogP contribution in [0.15, 0.2) is 22.9 Å². The summed E-state index contributed by atoms with van der Waals surface area (Å²) in [5.74, 6) is 0.951. The summed E-state index contributed by atoms with van der Waals surface area (Å²) in [5, 5.41) is 8.26. The minimum Gasteiger partial charge on any atom is -0.352 e. The highest BCUT2D eigenvalue weighted by Crippen LogP contribution is 2.29. The van der Waals surface area contributed by atoms with Crippen LogP contribution in [0, 0.1) is 0 Å². The lowest BCUT2D eigenvalue weighted by molar-refractivity contribution is -0.120. The van der Waals surface area contributed by atoms with E-state index in [4.69, 9.17) is 0 Å². The van der Waals surface area contributed by atoms with E-state index in [1.54, 1.807) is 34.4 Å². The lowest BCUT2D eigenvalue weighted by Gasteiger charge is -2.10. The Morgan fingerprint density at radius 3 is 3.10 bits per heavy atom. The molecule has 1 aliphatic carbocycles. The van der Waals surface area contributed by atoms with Crippen molar-refractivity contribution < 1.29 is 4.79 Å². The van der Waals surface area contributed by atoms with Gasteiger partial charge in [-0.15, -0.1) is 34.4 Å². The van der Waals surface area contributed by atoms with Crippen molar-refractivity contribution in [3.63, 3.8) is 0 Å². The van der Waals surface area contributed by atoms with Gasteiger partial charge in [-0.25, -0.2) is 4.98 Å². The summed E-state index contributed by atoms with van der Waals surface area (Å²) >= 11 is 5.04. The number of thiazole rings is 1. The summed E-state index contributed by atoms with van der Waals surface area (Å²) in [4.78, 5) is 17.7. The molecule has 6 heteroatoms. The number of hydrogen-bond donors (Lipinski definition) is 1. The molecule has 2 heterocycles. The van der Waals surface area contributed by atoms with E-state index in [-0.39, 0.29) is 11.2 Å². The van der Waals surface area contributed by atoms with Crippen molar-refractivity contribution in [1.82, 2.24) is 10.3 Å². The first-order valence-electron chi connectivity index (χ1n) is 6.62. The summed E-state index contributed by atoms with van der Waals surface area (Å²) in [6.45, 7) is 1.97. The van der Waals surface area contributed by atoms with Crippen LogP contribution in [0.4, 0.5) is 0 Å². The number of carbonyl (C=O) groups is 1. The maximum Gasteiger partial charge on any atom is 0.233 e. The number of hydrogen-bond acceptors (Lipinski definition) is 5. The smallest absolute Gasteiger partial charge is 0.233 e. The highest BCUT2D eigenvalue weighted by molar-refractivity contribution is 7.99. The van der Waals surface area contributed by atoms with Crippen molar-refractivity contribution in [3.05, 3.63) is 28.6 Å². The Balaban J connectivity index is 1.51. The zero-order valence-electron chi connectivity index (χ0n) is 11.2. The Morgan fingerprint density at radius 2 is 2.40 bits per heavy atom. The number of carbonyl (C=O) groups excluding carboxylic acids is 1. The Morgan fingerprint density at radius 1 is 1.55 bits per heavy atom. The predicted molar refractivity (Wildman–Crippen MR) is 87.3 cm³/mol. The first-order chi connectivity index (χ1) is 9.72. The Hall–Kier alpha value is -0.850. The van der Waals surface area contributed by atoms with Gasteiger partial charge >= 0.3 is 0 Å². The van der Waals surface area contributed by atoms with Crippen LogP contribution in [-0.2, 0) is 10.5 Å². The van der Waals surface area contributed by atoms with Gasteiger partial charge in [0.05, 0.1) is 15.8 Å². The SMILES string of the molecule is CC(SCc1csc(-c2cccs2)n1)C(=O)NC1CC1. The van der Waals surface area contributed by atoms with Crippen LogP contribution in [0.3, 0.4) is 0 Å². The van der Waals surface area contributed by atoms with Crippen molar-refractivity contribution in [2.75, 3.05) is 0 Å². The average molecular weight is 324 g/mol. The molecule has 20 heavy (non-hydrogen) atoms. The number of aromatic nitrogens is 1. The molecule has 0 bridgehead atoms. The van der Waals surface area contributed by atoms with E-state index in [1.165, 1.54) is 4.88 Å². The average Bonchev–Trinajstić information content (AvgIpc) is 2.97. The van der Waals surface area contributed by atoms with Crippen LogP contribution in [-0.4, -0.2) is 22.2 Å². The molecule has 2 aromatic rings. The monoisotopic (exact) mass is 324 g/mol. The fourth-order valence-corrected chi connectivity index (χ4v) is 4.25. The van der Waals surface area contributed by atoms with E-state index >= 15 is 0 Å². The Bertz CT molecular complexity index is 575. The minimum absolute atomic E-state index is 0.0116. The molecule has 0 aliphatic heterocycles. The van der Waals surface area contributed by atoms with Crippen LogP contribution in [0.5, 0.6) is 0 Å². The number of thiophene rings is 1. The van der Waals surface area contributed by atoms with E-state index in [2.05, 4.69) is 27.1 Å². The molecule has 1 N–H and O–H groups in total. The van der Waals surface area contributed by atoms with Gasteiger partial charge in [0.2, 0.25) is 5.91 Å². The molecule has 106 valence electrons. The first-order valence-corrected chi connectivity index (χ1v) is 9.43. The molecule has 1 atom stereocenters. The maximum atomic E-state index is 11.9. The zero-order chi connectivity index (χ0) is 13.9. The fourth-order valence-electron chi connectivity index (χ4n) is 1.72. The summed E-state index contributed by atoms with van der Waals surface area (Å²) in [6.07, 6.45) is 2.28. The van der Waals surface area contributed by atoms with Crippen LogP contribution >= 0.6 is 34.4 Å². The third-order valence-electron chi connectivity index (χ3n) is 3.06. The second-order valence-electron chi connectivity index (χ2n) is 4.86. The van der Waals surface area contributed by atoms with Gasteiger partial charge < -0.3 is 5.32 Å². The molecule has 2 aromatic heterocycles. The number of nitrogens with one attached hydrogen (secondary N) is 1. The molecule has 1 amide bonds. The first kappa shape index (κ1) is 14.1. The van der Waals surface area contributed by atoms with E-state index < -0.39 is 0 Å². The lowest BCUT2D eigenvalue weighted by atomic mass is 10.4. The van der Waals surface area contributed by atoms with Gasteiger partial charge in [-0.2, -0.15) is 0 Å². The summed E-state index contributed by atoms with van der Waals surface area (Å²) in [7, 11) is 0. The molecule has 0 radical (unpaired) electrons. The third kappa shape index (κ3) is 3.62. The van der Waals surface area contributed by atoms with Crippen LogP contribution in [0.2, 0.25) is 0 Å². The normalized spacial score (nSPS) is 16.1. The molecular formula is C14H16N2OS3. The number of amides is 1. The van der Waals surface area contributed by atoms with Crippen molar-refractivity contribution >= 4 is 40.3 Å². The van der Waals surface area contributed by atoms with Crippen molar-refractivity contribution in [1.29, 1.82) is 0 Å². The predicted octanol–water partition coefficient (Wildman–Crippen LogP) is 3.77. The van der Waals surface area contributed by atoms with E-state index in [0.717, 1.165) is 29.3 Å². The van der Waals surface area contributed by atoms with Gasteiger partial charge in [-0.3, -0.25) is 4.79 Å². The highest BCUT2D eigenvalue weighted by Gasteiger charge is 2.25. The molecular weight excluding hydrogens is 308 g/mol. The molecule has 1 fully saturated rings. The minimum atomic E-state index is -0.0116. The van der Waals surface area contributed by atoms with Gasteiger partial charge in [0, 0.05) is 17.2 Å². The van der Waals surface area contributed by atoms with Crippen LogP contribution in [0.25, 0.3) is 9.88 Å². The summed E-state index contributed by atoms with van der Waals surface area (Å²) in [5.41, 5.74) is 1.06. The zero-order valence-corrected chi connectivity index (χ0v) is 13.6. The largest absolute Gasteiger partial charge is 0.352 e. The third-order valence-corrected chi connectivity index (χ3v) is 6.16. The molecule has 1 saturated carbocycles. The number of thioether (sulfide) groups is 1. The van der Waals surface area contributed by atoms with E-state index in [0.29, 0.717) is 6.04 Å². The number of nitrogens with zero attached hydrogens (tertiary/aromatic N) is 1. The molecule has 3 rings (SSSR count). The van der Waals surface area contributed by atoms with Gasteiger partial charge in [0.25, 0.3) is 0 Å². The van der Waals surface area contributed by atoms with Crippen molar-refractivity contribution in [3.8, 4) is 9.88 Å². The highest BCUT2D eigenvalue weighted by atomic mass is 32.2. The molecule has 3 nitrogen and oxygen atoms in total. The second kappa shape index (κ2) is 6.28. The standard InChI is InChI=1S/C14H16N2OS3/c1-9(13(17)15-10-4-5-10)19-7-11-8-20-14(16-11)12-3-2-6-18-12/h2-3,6,8-10H,4-5,7H2,1H3,(H,15,17). The van der Waals surface area contributed by atoms with Crippen LogP contribution < -0.4 is 5.32 Å². The van der Waals surface area contributed by atoms with E-state index in [1.807, 2.05) is 13.0 Å². The van der Waals surface area contributed by atoms with Gasteiger partial charge in [-0.1, -0.05) is 6.07 Å². The summed E-state index contributed by atoms with van der Waals surface area (Å²) in [6, 6.07) is 4.57. The lowest BCUT2D eigenvalue weighted by Crippen LogP contribution is -2.32. The van der Waals surface area contributed by atoms with E-state index in [9.17, 15) is 4.79 Å². The maximum absolute atomic E-state index is 11.9. The quantitative estimate of drug-likeness (QED) is 0.879. The molecule has 0 aromatic carbocycles.